The highest BCUT2D eigenvalue weighted by molar-refractivity contribution is 5.48. The number of ether oxygens (including phenoxy) is 1. The molecule has 1 rings (SSSR count). The predicted octanol–water partition coefficient (Wildman–Crippen LogP) is 2.62. The van der Waals surface area contributed by atoms with E-state index in [1.807, 2.05) is 24.3 Å². The molecular formula is C13H22N2O. The molecule has 0 radical (unpaired) electrons. The van der Waals surface area contributed by atoms with Gasteiger partial charge in [0, 0.05) is 24.3 Å². The third kappa shape index (κ3) is 4.53. The van der Waals surface area contributed by atoms with Crippen molar-refractivity contribution in [3.05, 3.63) is 24.3 Å². The van der Waals surface area contributed by atoms with Crippen molar-refractivity contribution in [2.75, 3.05) is 19.0 Å². The number of rotatable bonds is 7. The Labute approximate surface area is 98.0 Å². The summed E-state index contributed by atoms with van der Waals surface area (Å²) in [6.45, 7) is 3.00. The van der Waals surface area contributed by atoms with Gasteiger partial charge in [0.15, 0.2) is 0 Å². The molecule has 1 unspecified atom stereocenters. The average molecular weight is 222 g/mol. The SMILES string of the molecule is CCCCC(N)CNc1cccc(OC)c1. The van der Waals surface area contributed by atoms with Crippen molar-refractivity contribution >= 4 is 5.69 Å². The minimum atomic E-state index is 0.228. The summed E-state index contributed by atoms with van der Waals surface area (Å²) in [5, 5.41) is 3.32. The normalized spacial score (nSPS) is 12.2. The Hall–Kier alpha value is -1.22. The van der Waals surface area contributed by atoms with Gasteiger partial charge >= 0.3 is 0 Å². The summed E-state index contributed by atoms with van der Waals surface area (Å²) < 4.78 is 5.16. The van der Waals surface area contributed by atoms with E-state index in [1.165, 1.54) is 12.8 Å². The number of hydrogen-bond acceptors (Lipinski definition) is 3. The van der Waals surface area contributed by atoms with E-state index >= 15 is 0 Å². The van der Waals surface area contributed by atoms with Gasteiger partial charge in [-0.1, -0.05) is 25.8 Å². The topological polar surface area (TPSA) is 47.3 Å². The first-order valence-corrected chi connectivity index (χ1v) is 5.89. The maximum Gasteiger partial charge on any atom is 0.120 e. The maximum atomic E-state index is 5.98. The Morgan fingerprint density at radius 2 is 2.25 bits per heavy atom. The second-order valence-corrected chi connectivity index (χ2v) is 4.02. The van der Waals surface area contributed by atoms with Crippen molar-refractivity contribution < 1.29 is 4.74 Å². The quantitative estimate of drug-likeness (QED) is 0.745. The largest absolute Gasteiger partial charge is 0.497 e. The first kappa shape index (κ1) is 12.8. The molecule has 0 saturated heterocycles. The van der Waals surface area contributed by atoms with Gasteiger partial charge in [-0.2, -0.15) is 0 Å². The molecule has 3 heteroatoms. The Bertz CT molecular complexity index is 302. The van der Waals surface area contributed by atoms with Crippen LogP contribution in [0.25, 0.3) is 0 Å². The number of methoxy groups -OCH3 is 1. The molecule has 0 amide bonds. The van der Waals surface area contributed by atoms with Crippen LogP contribution in [0.3, 0.4) is 0 Å². The van der Waals surface area contributed by atoms with Crippen LogP contribution in [0.2, 0.25) is 0 Å². The predicted molar refractivity (Wildman–Crippen MR) is 69.0 cm³/mol. The van der Waals surface area contributed by atoms with Crippen LogP contribution >= 0.6 is 0 Å². The Morgan fingerprint density at radius 1 is 1.44 bits per heavy atom. The lowest BCUT2D eigenvalue weighted by atomic mass is 10.1. The van der Waals surface area contributed by atoms with Crippen LogP contribution in [0.15, 0.2) is 24.3 Å². The minimum absolute atomic E-state index is 0.228. The molecule has 0 aliphatic rings. The maximum absolute atomic E-state index is 5.98. The van der Waals surface area contributed by atoms with Crippen LogP contribution in [0.5, 0.6) is 5.75 Å². The number of anilines is 1. The molecule has 16 heavy (non-hydrogen) atoms. The van der Waals surface area contributed by atoms with Gasteiger partial charge in [-0.05, 0) is 18.6 Å². The molecule has 0 saturated carbocycles. The fourth-order valence-corrected chi connectivity index (χ4v) is 1.55. The number of nitrogens with two attached hydrogens (primary N) is 1. The zero-order valence-corrected chi connectivity index (χ0v) is 10.2. The van der Waals surface area contributed by atoms with Gasteiger partial charge in [-0.3, -0.25) is 0 Å². The third-order valence-electron chi connectivity index (χ3n) is 2.57. The van der Waals surface area contributed by atoms with Crippen molar-refractivity contribution in [2.45, 2.75) is 32.2 Å². The van der Waals surface area contributed by atoms with E-state index in [0.717, 1.165) is 24.4 Å². The molecule has 1 aromatic rings. The molecule has 0 aliphatic heterocycles. The summed E-state index contributed by atoms with van der Waals surface area (Å²) in [5.41, 5.74) is 7.05. The Kier molecular flexibility index (Phi) is 5.72. The molecule has 0 heterocycles. The molecular weight excluding hydrogens is 200 g/mol. The number of nitrogens with one attached hydrogen (secondary N) is 1. The summed E-state index contributed by atoms with van der Waals surface area (Å²) >= 11 is 0. The second kappa shape index (κ2) is 7.12. The van der Waals surface area contributed by atoms with Gasteiger partial charge in [0.05, 0.1) is 7.11 Å². The van der Waals surface area contributed by atoms with E-state index < -0.39 is 0 Å². The average Bonchev–Trinajstić information content (AvgIpc) is 2.34. The standard InChI is InChI=1S/C13H22N2O/c1-3-4-6-11(14)10-15-12-7-5-8-13(9-12)16-2/h5,7-9,11,15H,3-4,6,10,14H2,1-2H3. The first-order chi connectivity index (χ1) is 7.76. The van der Waals surface area contributed by atoms with Gasteiger partial charge in [0.2, 0.25) is 0 Å². The van der Waals surface area contributed by atoms with Crippen LogP contribution < -0.4 is 15.8 Å². The summed E-state index contributed by atoms with van der Waals surface area (Å²) in [6.07, 6.45) is 3.47. The molecule has 0 fully saturated rings. The van der Waals surface area contributed by atoms with E-state index in [-0.39, 0.29) is 6.04 Å². The highest BCUT2D eigenvalue weighted by atomic mass is 16.5. The van der Waals surface area contributed by atoms with Gasteiger partial charge in [0.1, 0.15) is 5.75 Å². The van der Waals surface area contributed by atoms with Crippen molar-refractivity contribution in [3.63, 3.8) is 0 Å². The Balaban J connectivity index is 2.35. The second-order valence-electron chi connectivity index (χ2n) is 4.02. The van der Waals surface area contributed by atoms with Crippen LogP contribution in [0, 0.1) is 0 Å². The number of unbranched alkanes of at least 4 members (excludes halogenated alkanes) is 1. The zero-order chi connectivity index (χ0) is 11.8. The van der Waals surface area contributed by atoms with E-state index in [4.69, 9.17) is 10.5 Å². The van der Waals surface area contributed by atoms with Crippen molar-refractivity contribution in [2.24, 2.45) is 5.73 Å². The van der Waals surface area contributed by atoms with E-state index in [9.17, 15) is 0 Å². The van der Waals surface area contributed by atoms with E-state index in [2.05, 4.69) is 12.2 Å². The smallest absolute Gasteiger partial charge is 0.120 e. The zero-order valence-electron chi connectivity index (χ0n) is 10.2. The molecule has 1 aromatic carbocycles. The fraction of sp³-hybridized carbons (Fsp3) is 0.538. The van der Waals surface area contributed by atoms with Gasteiger partial charge in [-0.15, -0.1) is 0 Å². The monoisotopic (exact) mass is 222 g/mol. The number of hydrogen-bond donors (Lipinski definition) is 2. The van der Waals surface area contributed by atoms with Gasteiger partial charge < -0.3 is 15.8 Å². The number of benzene rings is 1. The summed E-state index contributed by atoms with van der Waals surface area (Å²) in [7, 11) is 1.67. The molecule has 0 aliphatic carbocycles. The summed E-state index contributed by atoms with van der Waals surface area (Å²) in [4.78, 5) is 0. The lowest BCUT2D eigenvalue weighted by Crippen LogP contribution is -2.28. The molecule has 3 nitrogen and oxygen atoms in total. The van der Waals surface area contributed by atoms with Crippen molar-refractivity contribution in [1.82, 2.24) is 0 Å². The van der Waals surface area contributed by atoms with Crippen LogP contribution in [0.1, 0.15) is 26.2 Å². The third-order valence-corrected chi connectivity index (χ3v) is 2.57. The van der Waals surface area contributed by atoms with Crippen LogP contribution in [-0.4, -0.2) is 19.7 Å². The van der Waals surface area contributed by atoms with Crippen molar-refractivity contribution in [3.8, 4) is 5.75 Å². The lowest BCUT2D eigenvalue weighted by Gasteiger charge is -2.13. The highest BCUT2D eigenvalue weighted by Crippen LogP contribution is 2.16. The molecule has 90 valence electrons. The van der Waals surface area contributed by atoms with Crippen molar-refractivity contribution in [1.29, 1.82) is 0 Å². The Morgan fingerprint density at radius 3 is 2.94 bits per heavy atom. The van der Waals surface area contributed by atoms with Gasteiger partial charge in [0.25, 0.3) is 0 Å². The highest BCUT2D eigenvalue weighted by Gasteiger charge is 2.01. The first-order valence-electron chi connectivity index (χ1n) is 5.89. The molecule has 0 bridgehead atoms. The molecule has 0 spiro atoms. The summed E-state index contributed by atoms with van der Waals surface area (Å²) in [5.74, 6) is 0.868. The molecule has 0 aromatic heterocycles. The molecule has 1 atom stereocenters. The van der Waals surface area contributed by atoms with Crippen LogP contribution in [-0.2, 0) is 0 Å². The lowest BCUT2D eigenvalue weighted by molar-refractivity contribution is 0.415. The summed E-state index contributed by atoms with van der Waals surface area (Å²) in [6, 6.07) is 8.13. The fourth-order valence-electron chi connectivity index (χ4n) is 1.55. The molecule has 3 N–H and O–H groups in total. The van der Waals surface area contributed by atoms with Gasteiger partial charge in [-0.25, -0.2) is 0 Å². The van der Waals surface area contributed by atoms with Crippen LogP contribution in [0.4, 0.5) is 5.69 Å². The minimum Gasteiger partial charge on any atom is -0.497 e. The van der Waals surface area contributed by atoms with E-state index in [1.54, 1.807) is 7.11 Å². The van der Waals surface area contributed by atoms with E-state index in [0.29, 0.717) is 0 Å².